The quantitative estimate of drug-likeness (QED) is 0.801. The van der Waals surface area contributed by atoms with Crippen LogP contribution < -0.4 is 10.2 Å². The zero-order chi connectivity index (χ0) is 19.4. The Hall–Kier alpha value is -2.86. The van der Waals surface area contributed by atoms with E-state index < -0.39 is 24.4 Å². The van der Waals surface area contributed by atoms with Crippen molar-refractivity contribution in [2.75, 3.05) is 23.4 Å². The lowest BCUT2D eigenvalue weighted by Gasteiger charge is -2.17. The predicted octanol–water partition coefficient (Wildman–Crippen LogP) is 3.18. The normalized spacial score (nSPS) is 16.3. The number of carbonyl (C=O) groups is 3. The molecular formula is C20H19ClN2O4. The van der Waals surface area contributed by atoms with Gasteiger partial charge in [0, 0.05) is 18.7 Å². The molecule has 1 fully saturated rings. The van der Waals surface area contributed by atoms with E-state index in [0.717, 1.165) is 5.56 Å². The number of aryl methyl sites for hydroxylation is 1. The smallest absolute Gasteiger partial charge is 0.311 e. The van der Waals surface area contributed by atoms with Crippen LogP contribution in [0.25, 0.3) is 0 Å². The van der Waals surface area contributed by atoms with Crippen molar-refractivity contribution in [2.24, 2.45) is 5.92 Å². The summed E-state index contributed by atoms with van der Waals surface area (Å²) in [4.78, 5) is 38.0. The van der Waals surface area contributed by atoms with Gasteiger partial charge in [-0.15, -0.1) is 0 Å². The second-order valence-corrected chi connectivity index (χ2v) is 6.73. The Kier molecular flexibility index (Phi) is 5.76. The maximum absolute atomic E-state index is 12.3. The van der Waals surface area contributed by atoms with E-state index in [9.17, 15) is 14.4 Å². The molecule has 3 rings (SSSR count). The number of nitrogens with one attached hydrogen (secondary N) is 1. The summed E-state index contributed by atoms with van der Waals surface area (Å²) in [6, 6.07) is 14.3. The highest BCUT2D eigenvalue weighted by Crippen LogP contribution is 2.31. The van der Waals surface area contributed by atoms with E-state index in [4.69, 9.17) is 16.3 Å². The van der Waals surface area contributed by atoms with Crippen LogP contribution >= 0.6 is 11.6 Å². The van der Waals surface area contributed by atoms with E-state index in [-0.39, 0.29) is 18.9 Å². The van der Waals surface area contributed by atoms with Crippen molar-refractivity contribution in [3.8, 4) is 0 Å². The van der Waals surface area contributed by atoms with Gasteiger partial charge in [0.1, 0.15) is 0 Å². The van der Waals surface area contributed by atoms with Gasteiger partial charge in [0.25, 0.3) is 5.91 Å². The minimum Gasteiger partial charge on any atom is -0.455 e. The third kappa shape index (κ3) is 4.46. The molecule has 140 valence electrons. The maximum atomic E-state index is 12.3. The molecule has 1 aliphatic heterocycles. The summed E-state index contributed by atoms with van der Waals surface area (Å²) >= 11 is 6.13. The number of anilines is 2. The zero-order valence-electron chi connectivity index (χ0n) is 14.8. The molecule has 0 saturated carbocycles. The van der Waals surface area contributed by atoms with E-state index >= 15 is 0 Å². The van der Waals surface area contributed by atoms with E-state index in [1.807, 2.05) is 25.1 Å². The van der Waals surface area contributed by atoms with Crippen molar-refractivity contribution in [3.63, 3.8) is 0 Å². The molecule has 2 aromatic rings. The molecule has 2 amide bonds. The number of ether oxygens (including phenoxy) is 1. The first-order chi connectivity index (χ1) is 13.0. The summed E-state index contributed by atoms with van der Waals surface area (Å²) in [7, 11) is 0. The van der Waals surface area contributed by atoms with Crippen LogP contribution in [0.1, 0.15) is 12.0 Å². The Balaban J connectivity index is 1.54. The molecule has 27 heavy (non-hydrogen) atoms. The van der Waals surface area contributed by atoms with Gasteiger partial charge in [-0.2, -0.15) is 0 Å². The van der Waals surface area contributed by atoms with Crippen molar-refractivity contribution in [1.82, 2.24) is 0 Å². The number of para-hydroxylation sites is 2. The third-order valence-corrected chi connectivity index (χ3v) is 4.69. The lowest BCUT2D eigenvalue weighted by atomic mass is 10.1. The van der Waals surface area contributed by atoms with Gasteiger partial charge < -0.3 is 15.0 Å². The molecule has 1 heterocycles. The van der Waals surface area contributed by atoms with Crippen LogP contribution in [0.15, 0.2) is 48.5 Å². The summed E-state index contributed by atoms with van der Waals surface area (Å²) < 4.78 is 5.10. The van der Waals surface area contributed by atoms with Gasteiger partial charge in [-0.25, -0.2) is 0 Å². The Morgan fingerprint density at radius 3 is 2.63 bits per heavy atom. The molecule has 1 atom stereocenters. The van der Waals surface area contributed by atoms with Crippen molar-refractivity contribution < 1.29 is 19.1 Å². The second kappa shape index (κ2) is 8.22. The number of halogens is 1. The molecule has 0 aliphatic carbocycles. The van der Waals surface area contributed by atoms with Crippen LogP contribution in [0.5, 0.6) is 0 Å². The van der Waals surface area contributed by atoms with E-state index in [0.29, 0.717) is 16.4 Å². The number of amides is 2. The van der Waals surface area contributed by atoms with Crippen molar-refractivity contribution in [1.29, 1.82) is 0 Å². The maximum Gasteiger partial charge on any atom is 0.311 e. The minimum absolute atomic E-state index is 0.0312. The summed E-state index contributed by atoms with van der Waals surface area (Å²) in [6.07, 6.45) is 0.0312. The molecule has 1 aliphatic rings. The van der Waals surface area contributed by atoms with Crippen molar-refractivity contribution in [2.45, 2.75) is 13.3 Å². The summed E-state index contributed by atoms with van der Waals surface area (Å²) in [5.74, 6) is -1.82. The largest absolute Gasteiger partial charge is 0.455 e. The molecule has 6 nitrogen and oxygen atoms in total. The zero-order valence-corrected chi connectivity index (χ0v) is 15.5. The van der Waals surface area contributed by atoms with Gasteiger partial charge in [-0.1, -0.05) is 41.9 Å². The fourth-order valence-corrected chi connectivity index (χ4v) is 3.16. The van der Waals surface area contributed by atoms with Gasteiger partial charge in [-0.05, 0) is 30.7 Å². The van der Waals surface area contributed by atoms with Gasteiger partial charge >= 0.3 is 5.97 Å². The second-order valence-electron chi connectivity index (χ2n) is 6.33. The third-order valence-electron chi connectivity index (χ3n) is 4.37. The van der Waals surface area contributed by atoms with Crippen LogP contribution in [-0.4, -0.2) is 30.9 Å². The average Bonchev–Trinajstić information content (AvgIpc) is 3.04. The summed E-state index contributed by atoms with van der Waals surface area (Å²) in [6.45, 7) is 1.65. The average molecular weight is 387 g/mol. The Morgan fingerprint density at radius 2 is 1.89 bits per heavy atom. The van der Waals surface area contributed by atoms with Gasteiger partial charge in [0.05, 0.1) is 16.6 Å². The molecule has 1 N–H and O–H groups in total. The topological polar surface area (TPSA) is 75.7 Å². The van der Waals surface area contributed by atoms with Gasteiger partial charge in [0.15, 0.2) is 6.61 Å². The Morgan fingerprint density at radius 1 is 1.19 bits per heavy atom. The molecule has 0 spiro atoms. The molecule has 0 aromatic heterocycles. The molecular weight excluding hydrogens is 368 g/mol. The van der Waals surface area contributed by atoms with Crippen LogP contribution in [0.2, 0.25) is 5.02 Å². The Bertz CT molecular complexity index is 884. The standard InChI is InChI=1S/C20H19ClN2O4/c1-13-6-2-4-8-16(13)22-18(24)12-27-20(26)14-10-19(25)23(11-14)17-9-5-3-7-15(17)21/h2-9,14H,10-12H2,1H3,(H,22,24)/t14-/m0/s1. The van der Waals surface area contributed by atoms with Crippen LogP contribution in [0, 0.1) is 12.8 Å². The molecule has 2 aromatic carbocycles. The number of benzene rings is 2. The highest BCUT2D eigenvalue weighted by Gasteiger charge is 2.37. The first-order valence-corrected chi connectivity index (χ1v) is 8.90. The number of esters is 1. The number of carbonyl (C=O) groups excluding carboxylic acids is 3. The number of rotatable bonds is 5. The number of hydrogen-bond donors (Lipinski definition) is 1. The molecule has 0 unspecified atom stereocenters. The summed E-state index contributed by atoms with van der Waals surface area (Å²) in [5, 5.41) is 3.14. The summed E-state index contributed by atoms with van der Waals surface area (Å²) in [5.41, 5.74) is 2.14. The number of nitrogens with zero attached hydrogens (tertiary/aromatic N) is 1. The Labute approximate surface area is 162 Å². The SMILES string of the molecule is Cc1ccccc1NC(=O)COC(=O)[C@H]1CC(=O)N(c2ccccc2Cl)C1. The lowest BCUT2D eigenvalue weighted by Crippen LogP contribution is -2.28. The monoisotopic (exact) mass is 386 g/mol. The molecule has 0 bridgehead atoms. The first-order valence-electron chi connectivity index (χ1n) is 8.52. The van der Waals surface area contributed by atoms with E-state index in [1.54, 1.807) is 30.3 Å². The van der Waals surface area contributed by atoms with Crippen molar-refractivity contribution in [3.05, 3.63) is 59.1 Å². The molecule has 0 radical (unpaired) electrons. The van der Waals surface area contributed by atoms with Crippen LogP contribution in [0.4, 0.5) is 11.4 Å². The van der Waals surface area contributed by atoms with Crippen molar-refractivity contribution >= 4 is 40.8 Å². The van der Waals surface area contributed by atoms with Crippen LogP contribution in [0.3, 0.4) is 0 Å². The molecule has 1 saturated heterocycles. The minimum atomic E-state index is -0.625. The van der Waals surface area contributed by atoms with E-state index in [1.165, 1.54) is 4.90 Å². The van der Waals surface area contributed by atoms with Crippen LogP contribution in [-0.2, 0) is 19.1 Å². The number of hydrogen-bond acceptors (Lipinski definition) is 4. The fraction of sp³-hybridized carbons (Fsp3) is 0.250. The van der Waals surface area contributed by atoms with Gasteiger partial charge in [0.2, 0.25) is 5.91 Å². The van der Waals surface area contributed by atoms with E-state index in [2.05, 4.69) is 5.32 Å². The fourth-order valence-electron chi connectivity index (χ4n) is 2.92. The highest BCUT2D eigenvalue weighted by molar-refractivity contribution is 6.33. The lowest BCUT2D eigenvalue weighted by molar-refractivity contribution is -0.151. The highest BCUT2D eigenvalue weighted by atomic mass is 35.5. The molecule has 7 heteroatoms. The first kappa shape index (κ1) is 18.9. The predicted molar refractivity (Wildman–Crippen MR) is 103 cm³/mol. The van der Waals surface area contributed by atoms with Gasteiger partial charge in [-0.3, -0.25) is 14.4 Å².